The van der Waals surface area contributed by atoms with E-state index < -0.39 is 0 Å². The molecule has 0 aromatic heterocycles. The lowest BCUT2D eigenvalue weighted by atomic mass is 9.42. The lowest BCUT2D eigenvalue weighted by molar-refractivity contribution is -0.167. The number of hydrogen-bond donors (Lipinski definition) is 1. The molecular formula is C17H30O. The Hall–Kier alpha value is -0.0400. The van der Waals surface area contributed by atoms with Crippen molar-refractivity contribution >= 4 is 0 Å². The van der Waals surface area contributed by atoms with Crippen LogP contribution in [-0.2, 0) is 0 Å². The summed E-state index contributed by atoms with van der Waals surface area (Å²) in [5.74, 6) is 2.39. The lowest BCUT2D eigenvalue weighted by Crippen LogP contribution is -2.56. The molecule has 1 N–H and O–H groups in total. The van der Waals surface area contributed by atoms with Crippen LogP contribution < -0.4 is 0 Å². The molecule has 18 heavy (non-hydrogen) atoms. The second-order valence-electron chi connectivity index (χ2n) is 8.16. The van der Waals surface area contributed by atoms with E-state index in [0.29, 0.717) is 16.7 Å². The smallest absolute Gasteiger partial charge is 0.0624 e. The van der Waals surface area contributed by atoms with Crippen LogP contribution in [0.5, 0.6) is 0 Å². The highest BCUT2D eigenvalue weighted by Gasteiger charge is 2.58. The quantitative estimate of drug-likeness (QED) is 0.784. The van der Waals surface area contributed by atoms with Gasteiger partial charge in [-0.1, -0.05) is 33.6 Å². The molecule has 0 amide bonds. The van der Waals surface area contributed by atoms with Crippen LogP contribution in [0.15, 0.2) is 0 Å². The third kappa shape index (κ3) is 1.85. The molecule has 4 rings (SSSR count). The molecule has 4 bridgehead atoms. The van der Waals surface area contributed by atoms with E-state index >= 15 is 0 Å². The van der Waals surface area contributed by atoms with Crippen LogP contribution in [0.3, 0.4) is 0 Å². The van der Waals surface area contributed by atoms with Crippen molar-refractivity contribution in [2.45, 2.75) is 78.2 Å². The van der Waals surface area contributed by atoms with E-state index in [2.05, 4.69) is 20.8 Å². The zero-order chi connectivity index (χ0) is 13.0. The second kappa shape index (κ2) is 4.23. The monoisotopic (exact) mass is 250 g/mol. The van der Waals surface area contributed by atoms with Gasteiger partial charge in [-0.25, -0.2) is 0 Å². The average molecular weight is 250 g/mol. The molecule has 4 aliphatic rings. The highest BCUT2D eigenvalue weighted by molar-refractivity contribution is 5.09. The Morgan fingerprint density at radius 2 is 1.61 bits per heavy atom. The van der Waals surface area contributed by atoms with E-state index in [-0.39, 0.29) is 6.10 Å². The summed E-state index contributed by atoms with van der Waals surface area (Å²) in [6.45, 7) is 7.00. The summed E-state index contributed by atoms with van der Waals surface area (Å²) in [6, 6.07) is 0. The fourth-order valence-corrected chi connectivity index (χ4v) is 6.38. The third-order valence-electron chi connectivity index (χ3n) is 6.52. The van der Waals surface area contributed by atoms with Crippen molar-refractivity contribution in [3.8, 4) is 0 Å². The van der Waals surface area contributed by atoms with Gasteiger partial charge in [-0.3, -0.25) is 0 Å². The minimum absolute atomic E-state index is 0.0299. The largest absolute Gasteiger partial charge is 0.392 e. The molecule has 4 aliphatic carbocycles. The van der Waals surface area contributed by atoms with Gasteiger partial charge in [-0.2, -0.15) is 0 Å². The van der Waals surface area contributed by atoms with Crippen LogP contribution in [0.4, 0.5) is 0 Å². The molecular weight excluding hydrogens is 220 g/mol. The summed E-state index contributed by atoms with van der Waals surface area (Å²) in [7, 11) is 0. The fourth-order valence-electron chi connectivity index (χ4n) is 6.38. The number of hydrogen-bond acceptors (Lipinski definition) is 1. The highest BCUT2D eigenvalue weighted by atomic mass is 16.3. The maximum absolute atomic E-state index is 11.0. The van der Waals surface area contributed by atoms with Gasteiger partial charge in [0.05, 0.1) is 6.10 Å². The molecule has 1 heteroatoms. The Balaban J connectivity index is 1.86. The molecule has 1 nitrogen and oxygen atoms in total. The molecule has 3 atom stereocenters. The van der Waals surface area contributed by atoms with E-state index in [1.807, 2.05) is 0 Å². The van der Waals surface area contributed by atoms with Crippen molar-refractivity contribution in [3.05, 3.63) is 0 Å². The van der Waals surface area contributed by atoms with Crippen LogP contribution in [0, 0.1) is 28.6 Å². The zero-order valence-corrected chi connectivity index (χ0v) is 12.4. The molecule has 3 unspecified atom stereocenters. The summed E-state index contributed by atoms with van der Waals surface area (Å²) < 4.78 is 0. The van der Waals surface area contributed by atoms with Gasteiger partial charge in [0.1, 0.15) is 0 Å². The van der Waals surface area contributed by atoms with Gasteiger partial charge in [-0.05, 0) is 67.1 Å². The van der Waals surface area contributed by atoms with Crippen molar-refractivity contribution in [1.82, 2.24) is 0 Å². The molecule has 0 saturated heterocycles. The molecule has 0 aromatic carbocycles. The Labute approximate surface area is 112 Å². The Kier molecular flexibility index (Phi) is 3.05. The van der Waals surface area contributed by atoms with Gasteiger partial charge in [0, 0.05) is 0 Å². The van der Waals surface area contributed by atoms with Crippen molar-refractivity contribution in [2.75, 3.05) is 0 Å². The van der Waals surface area contributed by atoms with E-state index in [1.165, 1.54) is 38.5 Å². The maximum atomic E-state index is 11.0. The van der Waals surface area contributed by atoms with Gasteiger partial charge in [0.2, 0.25) is 0 Å². The molecule has 104 valence electrons. The SMILES string of the molecule is CCC(CC)C(O)C12CC3CC(CC(C)(C3)C1)C2. The zero-order valence-electron chi connectivity index (χ0n) is 12.4. The molecule has 0 aromatic rings. The summed E-state index contributed by atoms with van der Waals surface area (Å²) in [5, 5.41) is 11.0. The van der Waals surface area contributed by atoms with Gasteiger partial charge < -0.3 is 5.11 Å². The number of aliphatic hydroxyl groups is 1. The van der Waals surface area contributed by atoms with Crippen LogP contribution in [0.1, 0.15) is 72.1 Å². The Bertz CT molecular complexity index is 304. The van der Waals surface area contributed by atoms with Crippen molar-refractivity contribution in [3.63, 3.8) is 0 Å². The standard InChI is InChI=1S/C17H30O/c1-4-14(5-2)15(18)17-9-12-6-13(10-17)8-16(3,7-12)11-17/h12-15,18H,4-11H2,1-3H3. The van der Waals surface area contributed by atoms with Gasteiger partial charge in [0.25, 0.3) is 0 Å². The first-order valence-corrected chi connectivity index (χ1v) is 8.18. The normalized spacial score (nSPS) is 47.8. The highest BCUT2D eigenvalue weighted by Crippen LogP contribution is 2.66. The molecule has 4 saturated carbocycles. The van der Waals surface area contributed by atoms with Gasteiger partial charge >= 0.3 is 0 Å². The van der Waals surface area contributed by atoms with Gasteiger partial charge in [-0.15, -0.1) is 0 Å². The lowest BCUT2D eigenvalue weighted by Gasteiger charge is -2.63. The van der Waals surface area contributed by atoms with Crippen molar-refractivity contribution in [2.24, 2.45) is 28.6 Å². The van der Waals surface area contributed by atoms with E-state index in [0.717, 1.165) is 24.7 Å². The predicted molar refractivity (Wildman–Crippen MR) is 75.3 cm³/mol. The van der Waals surface area contributed by atoms with Crippen LogP contribution >= 0.6 is 0 Å². The minimum Gasteiger partial charge on any atom is -0.392 e. The van der Waals surface area contributed by atoms with Crippen molar-refractivity contribution in [1.29, 1.82) is 0 Å². The first-order valence-electron chi connectivity index (χ1n) is 8.18. The second-order valence-corrected chi connectivity index (χ2v) is 8.16. The minimum atomic E-state index is -0.0299. The fraction of sp³-hybridized carbons (Fsp3) is 1.00. The topological polar surface area (TPSA) is 20.2 Å². The van der Waals surface area contributed by atoms with Crippen molar-refractivity contribution < 1.29 is 5.11 Å². The maximum Gasteiger partial charge on any atom is 0.0624 e. The first-order chi connectivity index (χ1) is 8.50. The molecule has 4 fully saturated rings. The third-order valence-corrected chi connectivity index (χ3v) is 6.52. The van der Waals surface area contributed by atoms with E-state index in [1.54, 1.807) is 0 Å². The predicted octanol–water partition coefficient (Wildman–Crippen LogP) is 4.39. The Morgan fingerprint density at radius 1 is 1.06 bits per heavy atom. The van der Waals surface area contributed by atoms with Crippen LogP contribution in [-0.4, -0.2) is 11.2 Å². The molecule has 0 aliphatic heterocycles. The summed E-state index contributed by atoms with van der Waals surface area (Å²) in [4.78, 5) is 0. The number of rotatable bonds is 4. The molecule has 0 radical (unpaired) electrons. The summed E-state index contributed by atoms with van der Waals surface area (Å²) >= 11 is 0. The molecule has 0 spiro atoms. The first kappa shape index (κ1) is 13.0. The van der Waals surface area contributed by atoms with Crippen LogP contribution in [0.25, 0.3) is 0 Å². The van der Waals surface area contributed by atoms with Gasteiger partial charge in [0.15, 0.2) is 0 Å². The number of aliphatic hydroxyl groups excluding tert-OH is 1. The van der Waals surface area contributed by atoms with E-state index in [4.69, 9.17) is 0 Å². The Morgan fingerprint density at radius 3 is 2.06 bits per heavy atom. The van der Waals surface area contributed by atoms with Crippen LogP contribution in [0.2, 0.25) is 0 Å². The average Bonchev–Trinajstić information content (AvgIpc) is 2.27. The summed E-state index contributed by atoms with van der Waals surface area (Å²) in [5.41, 5.74) is 0.868. The summed E-state index contributed by atoms with van der Waals surface area (Å²) in [6.07, 6.45) is 10.6. The molecule has 0 heterocycles. The van der Waals surface area contributed by atoms with E-state index in [9.17, 15) is 5.11 Å².